The maximum absolute atomic E-state index is 12.0. The number of nitrogens with one attached hydrogen (secondary N) is 1. The summed E-state index contributed by atoms with van der Waals surface area (Å²) in [5, 5.41) is 13.6. The highest BCUT2D eigenvalue weighted by Gasteiger charge is 2.23. The first-order chi connectivity index (χ1) is 9.97. The molecule has 0 unspecified atom stereocenters. The third kappa shape index (κ3) is 3.90. The van der Waals surface area contributed by atoms with Gasteiger partial charge in [-0.05, 0) is 18.8 Å². The topological polar surface area (TPSA) is 94.2 Å². The van der Waals surface area contributed by atoms with Crippen molar-refractivity contribution in [2.24, 2.45) is 5.92 Å². The Morgan fingerprint density at radius 2 is 2.14 bits per heavy atom. The summed E-state index contributed by atoms with van der Waals surface area (Å²) in [5.74, 6) is 0.140. The number of carbonyl (C=O) groups is 1. The summed E-state index contributed by atoms with van der Waals surface area (Å²) in [6.45, 7) is 1.91. The monoisotopic (exact) mass is 293 g/mol. The van der Waals surface area contributed by atoms with Crippen molar-refractivity contribution in [1.82, 2.24) is 9.88 Å². The van der Waals surface area contributed by atoms with Gasteiger partial charge in [0.15, 0.2) is 0 Å². The summed E-state index contributed by atoms with van der Waals surface area (Å²) in [4.78, 5) is 33.8. The van der Waals surface area contributed by atoms with Crippen LogP contribution in [0, 0.1) is 16.0 Å². The second kappa shape index (κ2) is 6.51. The van der Waals surface area contributed by atoms with E-state index in [0.29, 0.717) is 5.92 Å². The average molecular weight is 293 g/mol. The molecule has 0 bridgehead atoms. The van der Waals surface area contributed by atoms with Crippen molar-refractivity contribution < 1.29 is 9.72 Å². The van der Waals surface area contributed by atoms with Crippen molar-refractivity contribution in [3.63, 3.8) is 0 Å². The van der Waals surface area contributed by atoms with Crippen LogP contribution >= 0.6 is 0 Å². The Balaban J connectivity index is 2.03. The fourth-order valence-electron chi connectivity index (χ4n) is 2.69. The van der Waals surface area contributed by atoms with Gasteiger partial charge in [0.1, 0.15) is 6.54 Å². The van der Waals surface area contributed by atoms with Gasteiger partial charge in [0.05, 0.1) is 11.1 Å². The quantitative estimate of drug-likeness (QED) is 0.671. The molecule has 0 saturated heterocycles. The minimum atomic E-state index is -0.586. The number of rotatable bonds is 4. The Hall–Kier alpha value is -2.18. The Bertz CT molecular complexity index is 596. The second-order valence-electron chi connectivity index (χ2n) is 5.55. The molecule has 114 valence electrons. The summed E-state index contributed by atoms with van der Waals surface area (Å²) in [7, 11) is 0. The third-order valence-electron chi connectivity index (χ3n) is 3.95. The summed E-state index contributed by atoms with van der Waals surface area (Å²) in [6.07, 6.45) is 5.40. The van der Waals surface area contributed by atoms with Gasteiger partial charge >= 0.3 is 0 Å². The minimum absolute atomic E-state index is 0.126. The minimum Gasteiger partial charge on any atom is -0.352 e. The first kappa shape index (κ1) is 15.2. The maximum Gasteiger partial charge on any atom is 0.285 e. The molecule has 1 saturated carbocycles. The van der Waals surface area contributed by atoms with E-state index in [-0.39, 0.29) is 24.2 Å². The van der Waals surface area contributed by atoms with Gasteiger partial charge < -0.3 is 5.32 Å². The number of hydrogen-bond acceptors (Lipinski definition) is 4. The number of hydrogen-bond donors (Lipinski definition) is 1. The molecule has 0 aromatic carbocycles. The molecule has 1 N–H and O–H groups in total. The Morgan fingerprint density at radius 1 is 1.43 bits per heavy atom. The number of nitro groups is 1. The predicted octanol–water partition coefficient (Wildman–Crippen LogP) is 1.45. The molecular formula is C14H19N3O4. The zero-order valence-electron chi connectivity index (χ0n) is 11.9. The number of aromatic nitrogens is 1. The van der Waals surface area contributed by atoms with Gasteiger partial charge in [0.2, 0.25) is 5.91 Å². The molecule has 2 atom stereocenters. The van der Waals surface area contributed by atoms with Gasteiger partial charge in [-0.3, -0.25) is 24.3 Å². The number of carbonyl (C=O) groups excluding carboxylic acids is 1. The van der Waals surface area contributed by atoms with Gasteiger partial charge in [-0.2, -0.15) is 0 Å². The Labute approximate surface area is 122 Å². The molecule has 0 aliphatic heterocycles. The third-order valence-corrected chi connectivity index (χ3v) is 3.95. The van der Waals surface area contributed by atoms with Gasteiger partial charge in [-0.1, -0.05) is 19.8 Å². The van der Waals surface area contributed by atoms with Crippen molar-refractivity contribution in [2.75, 3.05) is 0 Å². The van der Waals surface area contributed by atoms with Gasteiger partial charge in [-0.15, -0.1) is 0 Å². The zero-order chi connectivity index (χ0) is 15.4. The standard InChI is InChI=1S/C14H19N3O4/c1-10-4-2-3-5-12(10)15-13(18)9-16-8-11(17(20)21)6-7-14(16)19/h6-8,10,12H,2-5,9H2,1H3,(H,15,18)/t10-,12+/m0/s1. The number of nitrogens with zero attached hydrogens (tertiary/aromatic N) is 2. The van der Waals surface area contributed by atoms with E-state index in [2.05, 4.69) is 12.2 Å². The lowest BCUT2D eigenvalue weighted by Crippen LogP contribution is -2.43. The highest BCUT2D eigenvalue weighted by Crippen LogP contribution is 2.23. The molecule has 2 rings (SSSR count). The van der Waals surface area contributed by atoms with E-state index in [9.17, 15) is 19.7 Å². The molecule has 1 fully saturated rings. The molecule has 1 aromatic rings. The van der Waals surface area contributed by atoms with Crippen LogP contribution in [0.4, 0.5) is 5.69 Å². The Kier molecular flexibility index (Phi) is 4.72. The molecular weight excluding hydrogens is 274 g/mol. The number of pyridine rings is 1. The second-order valence-corrected chi connectivity index (χ2v) is 5.55. The normalized spacial score (nSPS) is 21.8. The molecule has 0 spiro atoms. The van der Waals surface area contributed by atoms with Crippen LogP contribution in [0.25, 0.3) is 0 Å². The fraction of sp³-hybridized carbons (Fsp3) is 0.571. The van der Waals surface area contributed by atoms with E-state index >= 15 is 0 Å². The van der Waals surface area contributed by atoms with Crippen LogP contribution in [0.1, 0.15) is 32.6 Å². The van der Waals surface area contributed by atoms with E-state index in [1.807, 2.05) is 0 Å². The van der Waals surface area contributed by atoms with Crippen LogP contribution in [0.5, 0.6) is 0 Å². The van der Waals surface area contributed by atoms with Crippen molar-refractivity contribution in [3.8, 4) is 0 Å². The van der Waals surface area contributed by atoms with Crippen LogP contribution in [-0.4, -0.2) is 21.4 Å². The molecule has 0 radical (unpaired) electrons. The van der Waals surface area contributed by atoms with Crippen molar-refractivity contribution in [3.05, 3.63) is 38.8 Å². The highest BCUT2D eigenvalue weighted by atomic mass is 16.6. The summed E-state index contributed by atoms with van der Waals surface area (Å²) < 4.78 is 1.07. The largest absolute Gasteiger partial charge is 0.352 e. The van der Waals surface area contributed by atoms with Crippen LogP contribution < -0.4 is 10.9 Å². The van der Waals surface area contributed by atoms with Crippen LogP contribution in [0.15, 0.2) is 23.1 Å². The SMILES string of the molecule is C[C@H]1CCCC[C@H]1NC(=O)Cn1cc([N+](=O)[O-])ccc1=O. The molecule has 21 heavy (non-hydrogen) atoms. The van der Waals surface area contributed by atoms with Crippen LogP contribution in [0.2, 0.25) is 0 Å². The van der Waals surface area contributed by atoms with E-state index < -0.39 is 10.5 Å². The first-order valence-electron chi connectivity index (χ1n) is 7.11. The van der Waals surface area contributed by atoms with Crippen molar-refractivity contribution in [2.45, 2.75) is 45.2 Å². The van der Waals surface area contributed by atoms with E-state index in [1.165, 1.54) is 6.42 Å². The van der Waals surface area contributed by atoms with Gasteiger partial charge in [0.25, 0.3) is 11.2 Å². The molecule has 1 aliphatic carbocycles. The predicted molar refractivity (Wildman–Crippen MR) is 76.9 cm³/mol. The molecule has 7 heteroatoms. The summed E-state index contributed by atoms with van der Waals surface area (Å²) in [6, 6.07) is 2.37. The van der Waals surface area contributed by atoms with Crippen LogP contribution in [0.3, 0.4) is 0 Å². The fourth-order valence-corrected chi connectivity index (χ4v) is 2.69. The molecule has 1 heterocycles. The van der Waals surface area contributed by atoms with E-state index in [0.717, 1.165) is 42.2 Å². The smallest absolute Gasteiger partial charge is 0.285 e. The molecule has 7 nitrogen and oxygen atoms in total. The van der Waals surface area contributed by atoms with E-state index in [1.54, 1.807) is 0 Å². The summed E-state index contributed by atoms with van der Waals surface area (Å²) in [5.41, 5.74) is -0.624. The van der Waals surface area contributed by atoms with Gasteiger partial charge in [-0.25, -0.2) is 0 Å². The number of amides is 1. The first-order valence-corrected chi connectivity index (χ1v) is 7.11. The highest BCUT2D eigenvalue weighted by molar-refractivity contribution is 5.76. The van der Waals surface area contributed by atoms with Gasteiger partial charge in [0, 0.05) is 18.2 Å². The summed E-state index contributed by atoms with van der Waals surface area (Å²) >= 11 is 0. The van der Waals surface area contributed by atoms with Crippen molar-refractivity contribution >= 4 is 11.6 Å². The van der Waals surface area contributed by atoms with Crippen molar-refractivity contribution in [1.29, 1.82) is 0 Å². The lowest BCUT2D eigenvalue weighted by molar-refractivity contribution is -0.385. The van der Waals surface area contributed by atoms with E-state index in [4.69, 9.17) is 0 Å². The Morgan fingerprint density at radius 3 is 2.81 bits per heavy atom. The molecule has 1 aromatic heterocycles. The molecule has 1 amide bonds. The lowest BCUT2D eigenvalue weighted by Gasteiger charge is -2.29. The zero-order valence-corrected chi connectivity index (χ0v) is 11.9. The molecule has 1 aliphatic rings. The van der Waals surface area contributed by atoms with Crippen LogP contribution in [-0.2, 0) is 11.3 Å². The maximum atomic E-state index is 12.0. The average Bonchev–Trinajstić information content (AvgIpc) is 2.43. The lowest BCUT2D eigenvalue weighted by atomic mass is 9.86.